The Balaban J connectivity index is 2.89. The summed E-state index contributed by atoms with van der Waals surface area (Å²) in [6.07, 6.45) is 0. The summed E-state index contributed by atoms with van der Waals surface area (Å²) in [6.45, 7) is 0.236. The quantitative estimate of drug-likeness (QED) is 0.786. The van der Waals surface area contributed by atoms with E-state index in [0.29, 0.717) is 11.4 Å². The van der Waals surface area contributed by atoms with Crippen molar-refractivity contribution in [3.8, 4) is 5.88 Å². The zero-order valence-electron chi connectivity index (χ0n) is 8.43. The molecule has 0 radical (unpaired) electrons. The van der Waals surface area contributed by atoms with Gasteiger partial charge in [0.05, 0.1) is 12.6 Å². The number of hydrogen-bond acceptors (Lipinski definition) is 3. The number of nitrogens with zero attached hydrogens (tertiary/aromatic N) is 1. The molecule has 0 aliphatic rings. The number of methoxy groups -OCH3 is 1. The molecule has 2 aromatic heterocycles. The van der Waals surface area contributed by atoms with E-state index >= 15 is 0 Å². The minimum atomic E-state index is -0.118. The Hall–Kier alpha value is -1.81. The Labute approximate surface area is 86.9 Å². The Bertz CT molecular complexity index is 546. The number of hydrogen-bond donors (Lipinski definition) is 1. The number of ether oxygens (including phenoxy) is 1. The van der Waals surface area contributed by atoms with E-state index in [4.69, 9.17) is 10.5 Å². The van der Waals surface area contributed by atoms with E-state index in [0.717, 1.165) is 5.52 Å². The zero-order chi connectivity index (χ0) is 10.8. The molecule has 0 fully saturated rings. The first-order valence-electron chi connectivity index (χ1n) is 4.65. The van der Waals surface area contributed by atoms with Crippen LogP contribution in [0.5, 0.6) is 5.88 Å². The van der Waals surface area contributed by atoms with Gasteiger partial charge in [0, 0.05) is 12.1 Å². The first-order chi connectivity index (χ1) is 7.27. The molecule has 78 valence electrons. The smallest absolute Gasteiger partial charge is 0.262 e. The molecule has 2 aromatic rings. The number of pyridine rings is 2. The van der Waals surface area contributed by atoms with Crippen LogP contribution in [0.2, 0.25) is 0 Å². The van der Waals surface area contributed by atoms with Crippen molar-refractivity contribution in [1.82, 2.24) is 4.40 Å². The van der Waals surface area contributed by atoms with Crippen molar-refractivity contribution < 1.29 is 4.74 Å². The number of fused-ring (bicyclic) bond motifs is 1. The molecule has 0 bridgehead atoms. The van der Waals surface area contributed by atoms with Gasteiger partial charge in [0.25, 0.3) is 5.56 Å². The Morgan fingerprint density at radius 2 is 2.13 bits per heavy atom. The Morgan fingerprint density at radius 3 is 2.80 bits per heavy atom. The lowest BCUT2D eigenvalue weighted by atomic mass is 10.2. The van der Waals surface area contributed by atoms with Crippen molar-refractivity contribution in [2.24, 2.45) is 5.73 Å². The lowest BCUT2D eigenvalue weighted by Crippen LogP contribution is -2.21. The van der Waals surface area contributed by atoms with Crippen LogP contribution in [0.15, 0.2) is 35.1 Å². The fourth-order valence-electron chi connectivity index (χ4n) is 1.57. The van der Waals surface area contributed by atoms with Gasteiger partial charge in [0.15, 0.2) is 0 Å². The number of aromatic nitrogens is 1. The van der Waals surface area contributed by atoms with Crippen LogP contribution in [0, 0.1) is 0 Å². The maximum atomic E-state index is 11.9. The van der Waals surface area contributed by atoms with Crippen molar-refractivity contribution >= 4 is 5.52 Å². The third-order valence-corrected chi connectivity index (χ3v) is 2.35. The minimum Gasteiger partial charge on any atom is -0.482 e. The lowest BCUT2D eigenvalue weighted by molar-refractivity contribution is 0.390. The molecule has 0 spiro atoms. The van der Waals surface area contributed by atoms with Gasteiger partial charge in [-0.2, -0.15) is 0 Å². The maximum absolute atomic E-state index is 11.9. The molecule has 0 unspecified atom stereocenters. The van der Waals surface area contributed by atoms with Crippen LogP contribution in [0.3, 0.4) is 0 Å². The largest absolute Gasteiger partial charge is 0.482 e. The highest BCUT2D eigenvalue weighted by Gasteiger charge is 2.05. The molecule has 2 rings (SSSR count). The topological polar surface area (TPSA) is 56.7 Å². The molecule has 0 aromatic carbocycles. The molecule has 4 nitrogen and oxygen atoms in total. The maximum Gasteiger partial charge on any atom is 0.262 e. The first kappa shape index (κ1) is 9.73. The average molecular weight is 204 g/mol. The fraction of sp³-hybridized carbons (Fsp3) is 0.182. The van der Waals surface area contributed by atoms with Gasteiger partial charge in [-0.25, -0.2) is 4.40 Å². The summed E-state index contributed by atoms with van der Waals surface area (Å²) in [7, 11) is 1.54. The molecule has 4 heteroatoms. The van der Waals surface area contributed by atoms with Crippen LogP contribution in [-0.2, 0) is 6.54 Å². The predicted octanol–water partition coefficient (Wildman–Crippen LogP) is 0.767. The van der Waals surface area contributed by atoms with Crippen LogP contribution in [0.1, 0.15) is 5.56 Å². The van der Waals surface area contributed by atoms with E-state index < -0.39 is 0 Å². The van der Waals surface area contributed by atoms with Crippen molar-refractivity contribution in [3.63, 3.8) is 0 Å². The van der Waals surface area contributed by atoms with Crippen LogP contribution in [0.25, 0.3) is 5.52 Å². The van der Waals surface area contributed by atoms with Gasteiger partial charge in [-0.05, 0) is 18.2 Å². The fourth-order valence-corrected chi connectivity index (χ4v) is 1.57. The molecule has 0 aliphatic heterocycles. The van der Waals surface area contributed by atoms with Crippen LogP contribution in [0.4, 0.5) is 0 Å². The second-order valence-electron chi connectivity index (χ2n) is 3.20. The van der Waals surface area contributed by atoms with Crippen LogP contribution < -0.4 is 16.0 Å². The van der Waals surface area contributed by atoms with Gasteiger partial charge in [-0.1, -0.05) is 12.1 Å². The monoisotopic (exact) mass is 204 g/mol. The third kappa shape index (κ3) is 1.49. The lowest BCUT2D eigenvalue weighted by Gasteiger charge is -2.07. The second-order valence-corrected chi connectivity index (χ2v) is 3.20. The highest BCUT2D eigenvalue weighted by molar-refractivity contribution is 5.50. The standard InChI is InChI=1S/C11H12N2O2/c1-15-10-4-2-3-9-6-5-8(7-12)11(14)13(9)10/h2-6H,7,12H2,1H3. The van der Waals surface area contributed by atoms with E-state index in [2.05, 4.69) is 0 Å². The van der Waals surface area contributed by atoms with E-state index in [1.54, 1.807) is 12.1 Å². The molecule has 0 saturated carbocycles. The predicted molar refractivity (Wildman–Crippen MR) is 58.1 cm³/mol. The molecule has 0 atom stereocenters. The summed E-state index contributed by atoms with van der Waals surface area (Å²) in [4.78, 5) is 11.9. The molecular weight excluding hydrogens is 192 g/mol. The van der Waals surface area contributed by atoms with Gasteiger partial charge >= 0.3 is 0 Å². The summed E-state index contributed by atoms with van der Waals surface area (Å²) >= 11 is 0. The van der Waals surface area contributed by atoms with Crippen molar-refractivity contribution in [2.45, 2.75) is 6.54 Å². The van der Waals surface area contributed by atoms with E-state index in [1.165, 1.54) is 11.5 Å². The highest BCUT2D eigenvalue weighted by atomic mass is 16.5. The molecular formula is C11H12N2O2. The summed E-state index contributed by atoms with van der Waals surface area (Å²) in [5.74, 6) is 0.521. The highest BCUT2D eigenvalue weighted by Crippen LogP contribution is 2.12. The molecule has 2 heterocycles. The van der Waals surface area contributed by atoms with E-state index in [-0.39, 0.29) is 12.1 Å². The SMILES string of the molecule is COc1cccc2ccc(CN)c(=O)n12. The van der Waals surface area contributed by atoms with Crippen LogP contribution in [-0.4, -0.2) is 11.5 Å². The van der Waals surface area contributed by atoms with E-state index in [1.807, 2.05) is 18.2 Å². The molecule has 15 heavy (non-hydrogen) atoms. The number of nitrogens with two attached hydrogens (primary N) is 1. The first-order valence-corrected chi connectivity index (χ1v) is 4.65. The van der Waals surface area contributed by atoms with E-state index in [9.17, 15) is 4.79 Å². The van der Waals surface area contributed by atoms with Gasteiger partial charge in [0.1, 0.15) is 0 Å². The third-order valence-electron chi connectivity index (χ3n) is 2.35. The van der Waals surface area contributed by atoms with Gasteiger partial charge in [0.2, 0.25) is 5.88 Å². The van der Waals surface area contributed by atoms with Crippen molar-refractivity contribution in [3.05, 3.63) is 46.2 Å². The van der Waals surface area contributed by atoms with Gasteiger partial charge < -0.3 is 10.5 Å². The zero-order valence-corrected chi connectivity index (χ0v) is 8.43. The average Bonchev–Trinajstić information content (AvgIpc) is 2.29. The summed E-state index contributed by atoms with van der Waals surface area (Å²) < 4.78 is 6.65. The van der Waals surface area contributed by atoms with Gasteiger partial charge in [-0.15, -0.1) is 0 Å². The molecule has 0 amide bonds. The molecule has 0 saturated heterocycles. The van der Waals surface area contributed by atoms with Crippen molar-refractivity contribution in [1.29, 1.82) is 0 Å². The Morgan fingerprint density at radius 1 is 1.33 bits per heavy atom. The van der Waals surface area contributed by atoms with Crippen LogP contribution >= 0.6 is 0 Å². The Kier molecular flexibility index (Phi) is 2.43. The second kappa shape index (κ2) is 3.74. The summed E-state index contributed by atoms with van der Waals surface area (Å²) in [5.41, 5.74) is 6.74. The summed E-state index contributed by atoms with van der Waals surface area (Å²) in [6, 6.07) is 9.04. The van der Waals surface area contributed by atoms with Crippen molar-refractivity contribution in [2.75, 3.05) is 7.11 Å². The molecule has 0 aliphatic carbocycles. The minimum absolute atomic E-state index is 0.118. The summed E-state index contributed by atoms with van der Waals surface area (Å²) in [5, 5.41) is 0. The molecule has 2 N–H and O–H groups in total. The normalized spacial score (nSPS) is 10.5. The van der Waals surface area contributed by atoms with Gasteiger partial charge in [-0.3, -0.25) is 4.79 Å². The number of rotatable bonds is 2.